The van der Waals surface area contributed by atoms with E-state index < -0.39 is 60.4 Å². The maximum Gasteiger partial charge on any atom is 0.303 e. The molecule has 1 aliphatic heterocycles. The molecule has 12 nitrogen and oxygen atoms in total. The van der Waals surface area contributed by atoms with Crippen molar-refractivity contribution in [3.8, 4) is 11.5 Å². The van der Waals surface area contributed by atoms with Crippen LogP contribution in [0.3, 0.4) is 0 Å². The van der Waals surface area contributed by atoms with Crippen molar-refractivity contribution in [2.45, 2.75) is 71.2 Å². The van der Waals surface area contributed by atoms with Gasteiger partial charge in [0, 0.05) is 26.3 Å². The van der Waals surface area contributed by atoms with Gasteiger partial charge in [0.05, 0.1) is 6.26 Å². The van der Waals surface area contributed by atoms with Crippen LogP contribution in [0, 0.1) is 0 Å². The molecule has 0 unspecified atom stereocenters. The van der Waals surface area contributed by atoms with Gasteiger partial charge in [-0.1, -0.05) is 12.1 Å². The van der Waals surface area contributed by atoms with E-state index in [0.717, 1.165) is 6.92 Å². The number of fused-ring (bicyclic) bond motifs is 1. The highest BCUT2D eigenvalue weighted by Gasteiger charge is 2.59. The van der Waals surface area contributed by atoms with Crippen LogP contribution in [0.2, 0.25) is 0 Å². The number of phenols is 1. The molecule has 1 amide bonds. The lowest BCUT2D eigenvalue weighted by Crippen LogP contribution is -2.70. The molecule has 0 aromatic heterocycles. The highest BCUT2D eigenvalue weighted by Crippen LogP contribution is 2.35. The van der Waals surface area contributed by atoms with E-state index in [-0.39, 0.29) is 23.9 Å². The minimum Gasteiger partial charge on any atom is -0.504 e. The number of nitrogens with one attached hydrogen (secondary N) is 1. The minimum atomic E-state index is -1.25. The summed E-state index contributed by atoms with van der Waals surface area (Å²) in [5.74, 6) is -2.53. The molecule has 1 saturated carbocycles. The Kier molecular flexibility index (Phi) is 9.48. The molecule has 12 heteroatoms. The number of ether oxygens (including phenoxy) is 6. The highest BCUT2D eigenvalue weighted by atomic mass is 16.7. The monoisotopic (exact) mass is 533 g/mol. The minimum absolute atomic E-state index is 0.0807. The molecule has 1 aliphatic carbocycles. The van der Waals surface area contributed by atoms with Crippen LogP contribution in [-0.2, 0) is 42.9 Å². The molecule has 0 bridgehead atoms. The lowest BCUT2D eigenvalue weighted by Gasteiger charge is -2.45. The van der Waals surface area contributed by atoms with Crippen LogP contribution in [0.1, 0.15) is 40.2 Å². The number of carbonyl (C=O) groups is 4. The number of esters is 3. The predicted octanol–water partition coefficient (Wildman–Crippen LogP) is 1.74. The van der Waals surface area contributed by atoms with Crippen molar-refractivity contribution in [1.29, 1.82) is 0 Å². The van der Waals surface area contributed by atoms with Crippen molar-refractivity contribution in [1.82, 2.24) is 5.32 Å². The van der Waals surface area contributed by atoms with Crippen LogP contribution in [0.15, 0.2) is 36.1 Å². The Morgan fingerprint density at radius 2 is 1.50 bits per heavy atom. The number of benzene rings is 1. The summed E-state index contributed by atoms with van der Waals surface area (Å²) in [6.45, 7) is 6.64. The summed E-state index contributed by atoms with van der Waals surface area (Å²) in [7, 11) is 0. The Morgan fingerprint density at radius 3 is 2.11 bits per heavy atom. The van der Waals surface area contributed by atoms with Crippen molar-refractivity contribution in [2.75, 3.05) is 6.79 Å². The van der Waals surface area contributed by atoms with Crippen LogP contribution < -0.4 is 10.1 Å². The van der Waals surface area contributed by atoms with Crippen LogP contribution >= 0.6 is 0 Å². The van der Waals surface area contributed by atoms with E-state index in [0.29, 0.717) is 5.56 Å². The molecular formula is C26H31NO11. The van der Waals surface area contributed by atoms with Gasteiger partial charge in [-0.25, -0.2) is 0 Å². The van der Waals surface area contributed by atoms with Crippen LogP contribution in [-0.4, -0.2) is 72.3 Å². The van der Waals surface area contributed by atoms with Crippen molar-refractivity contribution in [3.63, 3.8) is 0 Å². The Balaban J connectivity index is 1.95. The number of aromatic hydroxyl groups is 1. The number of hydrogen-bond donors (Lipinski definition) is 2. The Labute approximate surface area is 219 Å². The van der Waals surface area contributed by atoms with Gasteiger partial charge in [0.2, 0.25) is 5.91 Å². The van der Waals surface area contributed by atoms with E-state index in [1.54, 1.807) is 38.1 Å². The number of rotatable bonds is 8. The summed E-state index contributed by atoms with van der Waals surface area (Å²) in [6.07, 6.45) is -0.749. The third kappa shape index (κ3) is 6.90. The van der Waals surface area contributed by atoms with Crippen LogP contribution in [0.5, 0.6) is 11.5 Å². The van der Waals surface area contributed by atoms with Gasteiger partial charge >= 0.3 is 17.9 Å². The van der Waals surface area contributed by atoms with E-state index in [9.17, 15) is 24.3 Å². The van der Waals surface area contributed by atoms with Crippen molar-refractivity contribution in [3.05, 3.63) is 41.7 Å². The fraction of sp³-hybridized carbons (Fsp3) is 0.462. The van der Waals surface area contributed by atoms with Gasteiger partial charge in [-0.05, 0) is 37.6 Å². The van der Waals surface area contributed by atoms with Gasteiger partial charge in [-0.2, -0.15) is 0 Å². The van der Waals surface area contributed by atoms with Crippen molar-refractivity contribution >= 4 is 29.9 Å². The zero-order valence-corrected chi connectivity index (χ0v) is 21.7. The maximum absolute atomic E-state index is 13.3. The van der Waals surface area contributed by atoms with Gasteiger partial charge in [-0.3, -0.25) is 19.2 Å². The topological polar surface area (TPSA) is 156 Å². The number of allylic oxidation sites excluding steroid dienone is 1. The van der Waals surface area contributed by atoms with Crippen molar-refractivity contribution < 1.29 is 52.7 Å². The fourth-order valence-electron chi connectivity index (χ4n) is 4.32. The quantitative estimate of drug-likeness (QED) is 0.217. The molecule has 6 atom stereocenters. The summed E-state index contributed by atoms with van der Waals surface area (Å²) >= 11 is 0. The Hall–Kier alpha value is -3.90. The first kappa shape index (κ1) is 28.7. The summed E-state index contributed by atoms with van der Waals surface area (Å²) < 4.78 is 32.9. The first-order valence-electron chi connectivity index (χ1n) is 11.9. The summed E-state index contributed by atoms with van der Waals surface area (Å²) in [4.78, 5) is 49.1. The zero-order chi connectivity index (χ0) is 28.0. The van der Waals surface area contributed by atoms with Gasteiger partial charge in [0.1, 0.15) is 25.0 Å². The van der Waals surface area contributed by atoms with Gasteiger partial charge in [0.25, 0.3) is 0 Å². The second-order valence-electron chi connectivity index (χ2n) is 8.74. The van der Waals surface area contributed by atoms with Gasteiger partial charge in [0.15, 0.2) is 29.8 Å². The fourth-order valence-corrected chi connectivity index (χ4v) is 4.32. The Morgan fingerprint density at radius 1 is 0.921 bits per heavy atom. The van der Waals surface area contributed by atoms with Crippen LogP contribution in [0.4, 0.5) is 0 Å². The van der Waals surface area contributed by atoms with E-state index in [4.69, 9.17) is 28.4 Å². The summed E-state index contributed by atoms with van der Waals surface area (Å²) in [6, 6.07) is 3.40. The second kappa shape index (κ2) is 12.6. The van der Waals surface area contributed by atoms with E-state index >= 15 is 0 Å². The summed E-state index contributed by atoms with van der Waals surface area (Å²) in [5, 5.41) is 12.7. The van der Waals surface area contributed by atoms with Gasteiger partial charge < -0.3 is 38.8 Å². The highest BCUT2D eigenvalue weighted by molar-refractivity contribution is 5.97. The lowest BCUT2D eigenvalue weighted by molar-refractivity contribution is -0.205. The molecule has 0 radical (unpaired) electrons. The van der Waals surface area contributed by atoms with E-state index in [1.807, 2.05) is 0 Å². The van der Waals surface area contributed by atoms with E-state index in [1.165, 1.54) is 26.2 Å². The SMILES string of the molecule is C/C=C/Oc1cc(/C=C(\C)C(=O)N[C@H]2[C@@H](OC(C)=O)[C@@H]3OCO[C@@H]3[C@H](OC(C)=O)[C@H]2OC(C)=O)ccc1O. The second-order valence-corrected chi connectivity index (χ2v) is 8.74. The molecule has 206 valence electrons. The maximum atomic E-state index is 13.3. The molecule has 1 aromatic carbocycles. The van der Waals surface area contributed by atoms with Gasteiger partial charge in [-0.15, -0.1) is 0 Å². The molecule has 38 heavy (non-hydrogen) atoms. The average Bonchev–Trinajstić information content (AvgIpc) is 3.32. The molecule has 0 spiro atoms. The van der Waals surface area contributed by atoms with E-state index in [2.05, 4.69) is 5.32 Å². The third-order valence-electron chi connectivity index (χ3n) is 5.78. The van der Waals surface area contributed by atoms with Crippen molar-refractivity contribution in [2.24, 2.45) is 0 Å². The Bertz CT molecular complexity index is 1130. The van der Waals surface area contributed by atoms with Crippen LogP contribution in [0.25, 0.3) is 6.08 Å². The number of hydrogen-bond acceptors (Lipinski definition) is 11. The molecule has 2 fully saturated rings. The normalized spacial score (nSPS) is 26.8. The number of carbonyl (C=O) groups excluding carboxylic acids is 4. The molecule has 1 heterocycles. The molecule has 3 rings (SSSR count). The largest absolute Gasteiger partial charge is 0.504 e. The summed E-state index contributed by atoms with van der Waals surface area (Å²) in [5.41, 5.74) is 0.780. The predicted molar refractivity (Wildman–Crippen MR) is 130 cm³/mol. The standard InChI is InChI=1S/C26H31NO11/c1-6-9-33-19-11-17(7-8-18(19)31)10-13(2)26(32)27-20-21(36-14(3)28)23-24(35-12-34-23)25(38-16(5)30)22(20)37-15(4)29/h6-11,20-25,31H,12H2,1-5H3,(H,27,32)/b9-6+,13-10+/t20-,21+,22-,23-,24-,25+/m0/s1. The lowest BCUT2D eigenvalue weighted by atomic mass is 9.82. The average molecular weight is 534 g/mol. The molecule has 1 saturated heterocycles. The molecule has 1 aromatic rings. The smallest absolute Gasteiger partial charge is 0.303 e. The molecular weight excluding hydrogens is 502 g/mol. The number of amides is 1. The third-order valence-corrected chi connectivity index (χ3v) is 5.78. The molecule has 2 N–H and O–H groups in total. The first-order valence-corrected chi connectivity index (χ1v) is 11.9. The zero-order valence-electron chi connectivity index (χ0n) is 21.7. The number of phenolic OH excluding ortho intramolecular Hbond substituents is 1. The first-order chi connectivity index (χ1) is 18.0. The molecule has 2 aliphatic rings.